The van der Waals surface area contributed by atoms with E-state index >= 15 is 0 Å². The summed E-state index contributed by atoms with van der Waals surface area (Å²) in [6, 6.07) is 0. The molecule has 0 amide bonds. The first-order valence-electron chi connectivity index (χ1n) is 4.78. The number of methoxy groups -OCH3 is 1. The third-order valence-electron chi connectivity index (χ3n) is 2.45. The van der Waals surface area contributed by atoms with Crippen molar-refractivity contribution in [2.24, 2.45) is 0 Å². The summed E-state index contributed by atoms with van der Waals surface area (Å²) in [6.07, 6.45) is 1.26. The van der Waals surface area contributed by atoms with Crippen LogP contribution in [-0.2, 0) is 18.9 Å². The monoisotopic (exact) mass is 200 g/mol. The van der Waals surface area contributed by atoms with Crippen LogP contribution < -0.4 is 0 Å². The lowest BCUT2D eigenvalue weighted by atomic mass is 10.2. The Labute approximate surface area is 83.8 Å². The molecule has 0 aromatic heterocycles. The molecule has 0 spiro atoms. The Morgan fingerprint density at radius 1 is 1.36 bits per heavy atom. The fourth-order valence-electron chi connectivity index (χ4n) is 1.89. The maximum absolute atomic E-state index is 5.71. The molecule has 0 bridgehead atoms. The lowest BCUT2D eigenvalue weighted by Crippen LogP contribution is -2.30. The number of hydrogen-bond acceptors (Lipinski definition) is 4. The Kier molecular flexibility index (Phi) is 2.29. The van der Waals surface area contributed by atoms with Crippen LogP contribution in [0, 0.1) is 0 Å². The van der Waals surface area contributed by atoms with Crippen molar-refractivity contribution in [1.82, 2.24) is 0 Å². The molecule has 3 unspecified atom stereocenters. The first kappa shape index (κ1) is 9.96. The molecule has 0 saturated carbocycles. The molecular weight excluding hydrogens is 184 g/mol. The third-order valence-corrected chi connectivity index (χ3v) is 2.45. The van der Waals surface area contributed by atoms with Gasteiger partial charge in [0.05, 0.1) is 0 Å². The molecule has 0 aromatic carbocycles. The highest BCUT2D eigenvalue weighted by atomic mass is 16.8. The number of ether oxygens (including phenoxy) is 4. The molecule has 14 heavy (non-hydrogen) atoms. The maximum Gasteiger partial charge on any atom is 0.228 e. The van der Waals surface area contributed by atoms with Gasteiger partial charge in [-0.3, -0.25) is 0 Å². The molecule has 0 aromatic rings. The minimum atomic E-state index is -0.551. The summed E-state index contributed by atoms with van der Waals surface area (Å²) < 4.78 is 22.1. The largest absolute Gasteiger partial charge is 0.464 e. The summed E-state index contributed by atoms with van der Waals surface area (Å²) in [5.74, 6) is 0.247. The van der Waals surface area contributed by atoms with Crippen molar-refractivity contribution < 1.29 is 18.9 Å². The lowest BCUT2D eigenvalue weighted by Gasteiger charge is -2.21. The maximum atomic E-state index is 5.71. The Morgan fingerprint density at radius 3 is 2.64 bits per heavy atom. The van der Waals surface area contributed by atoms with Crippen LogP contribution in [0.15, 0.2) is 11.8 Å². The topological polar surface area (TPSA) is 36.9 Å². The van der Waals surface area contributed by atoms with E-state index < -0.39 is 5.79 Å². The van der Waals surface area contributed by atoms with Crippen LogP contribution in [0.5, 0.6) is 0 Å². The molecule has 2 saturated heterocycles. The summed E-state index contributed by atoms with van der Waals surface area (Å²) in [6.45, 7) is 5.70. The van der Waals surface area contributed by atoms with Gasteiger partial charge in [0.15, 0.2) is 18.0 Å². The number of rotatable bonds is 1. The second-order valence-electron chi connectivity index (χ2n) is 3.93. The van der Waals surface area contributed by atoms with Gasteiger partial charge in [-0.2, -0.15) is 0 Å². The van der Waals surface area contributed by atoms with Gasteiger partial charge in [-0.1, -0.05) is 0 Å². The van der Waals surface area contributed by atoms with Crippen molar-refractivity contribution in [3.63, 3.8) is 0 Å². The van der Waals surface area contributed by atoms with E-state index in [1.54, 1.807) is 7.11 Å². The predicted octanol–water partition coefficient (Wildman–Crippen LogP) is 1.41. The standard InChI is InChI=1S/C10H16O4/c1-5-6-7-8(9(11-4)12-6)14-10(2,3)13-7/h5,7-9H,1-4H3. The van der Waals surface area contributed by atoms with Gasteiger partial charge in [-0.15, -0.1) is 0 Å². The first-order valence-corrected chi connectivity index (χ1v) is 4.78. The zero-order chi connectivity index (χ0) is 10.3. The van der Waals surface area contributed by atoms with Crippen molar-refractivity contribution in [3.8, 4) is 0 Å². The molecule has 4 nitrogen and oxygen atoms in total. The molecule has 80 valence electrons. The molecular formula is C10H16O4. The van der Waals surface area contributed by atoms with Gasteiger partial charge in [0.2, 0.25) is 6.29 Å². The van der Waals surface area contributed by atoms with Crippen LogP contribution in [-0.4, -0.2) is 31.4 Å². The van der Waals surface area contributed by atoms with E-state index in [9.17, 15) is 0 Å². The molecule has 2 aliphatic heterocycles. The van der Waals surface area contributed by atoms with E-state index in [1.165, 1.54) is 0 Å². The highest BCUT2D eigenvalue weighted by molar-refractivity contribution is 5.11. The zero-order valence-corrected chi connectivity index (χ0v) is 8.94. The van der Waals surface area contributed by atoms with Gasteiger partial charge in [0, 0.05) is 7.11 Å². The number of fused-ring (bicyclic) bond motifs is 1. The first-order chi connectivity index (χ1) is 6.57. The van der Waals surface area contributed by atoms with Crippen LogP contribution in [0.1, 0.15) is 20.8 Å². The second kappa shape index (κ2) is 3.22. The summed E-state index contributed by atoms with van der Waals surface area (Å²) in [5, 5.41) is 0. The molecule has 2 heterocycles. The van der Waals surface area contributed by atoms with E-state index in [2.05, 4.69) is 0 Å². The van der Waals surface area contributed by atoms with Crippen LogP contribution in [0.25, 0.3) is 0 Å². The summed E-state index contributed by atoms with van der Waals surface area (Å²) >= 11 is 0. The predicted molar refractivity (Wildman–Crippen MR) is 49.5 cm³/mol. The van der Waals surface area contributed by atoms with Crippen molar-refractivity contribution in [2.45, 2.75) is 45.1 Å². The molecule has 0 N–H and O–H groups in total. The summed E-state index contributed by atoms with van der Waals surface area (Å²) in [4.78, 5) is 0. The Bertz CT molecular complexity index is 259. The van der Waals surface area contributed by atoms with Crippen molar-refractivity contribution >= 4 is 0 Å². The minimum Gasteiger partial charge on any atom is -0.464 e. The van der Waals surface area contributed by atoms with E-state index in [-0.39, 0.29) is 18.5 Å². The fourth-order valence-corrected chi connectivity index (χ4v) is 1.89. The zero-order valence-electron chi connectivity index (χ0n) is 8.94. The minimum absolute atomic E-state index is 0.125. The normalized spacial score (nSPS) is 42.6. The highest BCUT2D eigenvalue weighted by Gasteiger charge is 2.53. The molecule has 2 aliphatic rings. The molecule has 2 rings (SSSR count). The van der Waals surface area contributed by atoms with E-state index in [1.807, 2.05) is 26.8 Å². The van der Waals surface area contributed by atoms with Crippen LogP contribution in [0.4, 0.5) is 0 Å². The van der Waals surface area contributed by atoms with Crippen LogP contribution >= 0.6 is 0 Å². The fraction of sp³-hybridized carbons (Fsp3) is 0.800. The van der Waals surface area contributed by atoms with Gasteiger partial charge in [-0.25, -0.2) is 0 Å². The lowest BCUT2D eigenvalue weighted by molar-refractivity contribution is -0.201. The average molecular weight is 200 g/mol. The van der Waals surface area contributed by atoms with Gasteiger partial charge in [0.25, 0.3) is 0 Å². The van der Waals surface area contributed by atoms with Gasteiger partial charge >= 0.3 is 0 Å². The third kappa shape index (κ3) is 1.43. The van der Waals surface area contributed by atoms with Gasteiger partial charge in [-0.05, 0) is 26.8 Å². The quantitative estimate of drug-likeness (QED) is 0.641. The van der Waals surface area contributed by atoms with E-state index in [4.69, 9.17) is 18.9 Å². The van der Waals surface area contributed by atoms with Crippen LogP contribution in [0.3, 0.4) is 0 Å². The average Bonchev–Trinajstić information content (AvgIpc) is 2.57. The summed E-state index contributed by atoms with van der Waals surface area (Å²) in [5.41, 5.74) is 0. The summed E-state index contributed by atoms with van der Waals surface area (Å²) in [7, 11) is 1.61. The SMILES string of the molecule is CC=C1OC(OC)C2OC(C)(C)OC12. The van der Waals surface area contributed by atoms with E-state index in [0.29, 0.717) is 0 Å². The molecule has 2 fully saturated rings. The highest BCUT2D eigenvalue weighted by Crippen LogP contribution is 2.40. The van der Waals surface area contributed by atoms with Crippen molar-refractivity contribution in [1.29, 1.82) is 0 Å². The smallest absolute Gasteiger partial charge is 0.228 e. The molecule has 4 heteroatoms. The van der Waals surface area contributed by atoms with Gasteiger partial charge < -0.3 is 18.9 Å². The van der Waals surface area contributed by atoms with Crippen LogP contribution in [0.2, 0.25) is 0 Å². The van der Waals surface area contributed by atoms with Crippen molar-refractivity contribution in [3.05, 3.63) is 11.8 Å². The Hall–Kier alpha value is -0.580. The van der Waals surface area contributed by atoms with Gasteiger partial charge in [0.1, 0.15) is 5.76 Å². The van der Waals surface area contributed by atoms with Crippen molar-refractivity contribution in [2.75, 3.05) is 7.11 Å². The molecule has 3 atom stereocenters. The molecule has 0 aliphatic carbocycles. The molecule has 0 radical (unpaired) electrons. The van der Waals surface area contributed by atoms with E-state index in [0.717, 1.165) is 5.76 Å². The number of hydrogen-bond donors (Lipinski definition) is 0. The second-order valence-corrected chi connectivity index (χ2v) is 3.93. The number of allylic oxidation sites excluding steroid dienone is 1. The Morgan fingerprint density at radius 2 is 2.07 bits per heavy atom. The Balaban J connectivity index is 2.21.